The molecule has 0 aliphatic carbocycles. The number of carbonyl (C=O) groups excluding carboxylic acids is 1. The van der Waals surface area contributed by atoms with E-state index >= 15 is 0 Å². The molecule has 6 nitrogen and oxygen atoms in total. The number of ether oxygens (including phenoxy) is 1. The Kier molecular flexibility index (Phi) is 4.32. The lowest BCUT2D eigenvalue weighted by Gasteiger charge is -2.18. The lowest BCUT2D eigenvalue weighted by molar-refractivity contribution is 0.0464. The molecule has 1 aromatic carbocycles. The van der Waals surface area contributed by atoms with Crippen molar-refractivity contribution < 1.29 is 18.8 Å². The molecule has 2 aromatic rings. The van der Waals surface area contributed by atoms with Gasteiger partial charge in [0, 0.05) is 13.5 Å². The molecule has 0 saturated heterocycles. The topological polar surface area (TPSA) is 64.3 Å². The summed E-state index contributed by atoms with van der Waals surface area (Å²) in [7, 11) is 3.35. The van der Waals surface area contributed by atoms with Crippen LogP contribution in [0.15, 0.2) is 52.2 Å². The van der Waals surface area contributed by atoms with Crippen molar-refractivity contribution in [3.05, 3.63) is 54.0 Å². The molecule has 1 aliphatic rings. The Morgan fingerprint density at radius 3 is 2.78 bits per heavy atom. The van der Waals surface area contributed by atoms with E-state index in [0.29, 0.717) is 18.7 Å². The summed E-state index contributed by atoms with van der Waals surface area (Å²) >= 11 is 0. The number of furan rings is 1. The largest absolute Gasteiger partial charge is 0.497 e. The first-order chi connectivity index (χ1) is 11.2. The first-order valence-electron chi connectivity index (χ1n) is 7.33. The van der Waals surface area contributed by atoms with Gasteiger partial charge in [0.2, 0.25) is 0 Å². The fraction of sp³-hybridized carbons (Fsp3) is 0.294. The third-order valence-electron chi connectivity index (χ3n) is 3.71. The third kappa shape index (κ3) is 3.36. The predicted octanol–water partition coefficient (Wildman–Crippen LogP) is 2.55. The van der Waals surface area contributed by atoms with Gasteiger partial charge in [-0.2, -0.15) is 0 Å². The van der Waals surface area contributed by atoms with E-state index in [4.69, 9.17) is 14.0 Å². The van der Waals surface area contributed by atoms with Gasteiger partial charge in [-0.25, -0.2) is 0 Å². The van der Waals surface area contributed by atoms with Crippen LogP contribution < -0.4 is 4.74 Å². The Labute approximate surface area is 134 Å². The summed E-state index contributed by atoms with van der Waals surface area (Å²) < 4.78 is 10.3. The van der Waals surface area contributed by atoms with E-state index < -0.39 is 0 Å². The Morgan fingerprint density at radius 2 is 2.13 bits per heavy atom. The summed E-state index contributed by atoms with van der Waals surface area (Å²) in [6, 6.07) is 11.0. The molecule has 3 rings (SSSR count). The highest BCUT2D eigenvalue weighted by molar-refractivity contribution is 6.01. The molecule has 0 N–H and O–H groups in total. The molecule has 0 saturated carbocycles. The summed E-state index contributed by atoms with van der Waals surface area (Å²) in [4.78, 5) is 19.2. The highest BCUT2D eigenvalue weighted by Crippen LogP contribution is 2.20. The van der Waals surface area contributed by atoms with Crippen molar-refractivity contribution in [1.29, 1.82) is 0 Å². The van der Waals surface area contributed by atoms with Crippen molar-refractivity contribution in [2.75, 3.05) is 20.7 Å². The number of carbonyl (C=O) groups is 1. The van der Waals surface area contributed by atoms with Gasteiger partial charge in [-0.1, -0.05) is 5.16 Å². The zero-order chi connectivity index (χ0) is 16.2. The summed E-state index contributed by atoms with van der Waals surface area (Å²) in [5.74, 6) is 0.951. The van der Waals surface area contributed by atoms with E-state index in [1.54, 1.807) is 31.2 Å². The molecule has 1 aromatic heterocycles. The van der Waals surface area contributed by atoms with Crippen molar-refractivity contribution in [2.45, 2.75) is 12.5 Å². The first-order valence-corrected chi connectivity index (χ1v) is 7.33. The molecule has 0 bridgehead atoms. The van der Waals surface area contributed by atoms with Crippen LogP contribution in [0, 0.1) is 0 Å². The second-order valence-corrected chi connectivity index (χ2v) is 5.36. The van der Waals surface area contributed by atoms with Crippen LogP contribution in [-0.2, 0) is 4.84 Å². The monoisotopic (exact) mass is 314 g/mol. The number of nitrogens with zero attached hydrogens (tertiary/aromatic N) is 2. The second kappa shape index (κ2) is 6.56. The Morgan fingerprint density at radius 1 is 1.35 bits per heavy atom. The predicted molar refractivity (Wildman–Crippen MR) is 84.7 cm³/mol. The molecule has 1 unspecified atom stereocenters. The van der Waals surface area contributed by atoms with Crippen LogP contribution in [0.25, 0.3) is 0 Å². The zero-order valence-corrected chi connectivity index (χ0v) is 13.1. The Bertz CT molecular complexity index is 692. The molecule has 6 heteroatoms. The Balaban J connectivity index is 1.57. The van der Waals surface area contributed by atoms with Crippen molar-refractivity contribution >= 4 is 11.6 Å². The van der Waals surface area contributed by atoms with Gasteiger partial charge < -0.3 is 18.9 Å². The number of benzene rings is 1. The van der Waals surface area contributed by atoms with E-state index in [1.807, 2.05) is 24.3 Å². The van der Waals surface area contributed by atoms with E-state index in [-0.39, 0.29) is 12.0 Å². The van der Waals surface area contributed by atoms with Crippen molar-refractivity contribution in [3.8, 4) is 5.75 Å². The SMILES string of the molecule is COc1ccc(C2=NOC(CN(C)C(=O)c3ccco3)C2)cc1. The number of hydrogen-bond acceptors (Lipinski definition) is 5. The van der Waals surface area contributed by atoms with Gasteiger partial charge in [0.1, 0.15) is 5.75 Å². The normalized spacial score (nSPS) is 16.6. The van der Waals surface area contributed by atoms with Crippen LogP contribution in [0.5, 0.6) is 5.75 Å². The summed E-state index contributed by atoms with van der Waals surface area (Å²) in [5, 5.41) is 4.13. The summed E-state index contributed by atoms with van der Waals surface area (Å²) in [6.07, 6.45) is 1.98. The second-order valence-electron chi connectivity index (χ2n) is 5.36. The van der Waals surface area contributed by atoms with Crippen LogP contribution in [0.2, 0.25) is 0 Å². The van der Waals surface area contributed by atoms with Crippen LogP contribution in [0.4, 0.5) is 0 Å². The standard InChI is InChI=1S/C17H18N2O4/c1-19(17(20)16-4-3-9-22-16)11-14-10-15(18-23-14)12-5-7-13(21-2)8-6-12/h3-9,14H,10-11H2,1-2H3. The van der Waals surface area contributed by atoms with Crippen LogP contribution in [0.1, 0.15) is 22.5 Å². The van der Waals surface area contributed by atoms with Crippen LogP contribution in [0.3, 0.4) is 0 Å². The third-order valence-corrected chi connectivity index (χ3v) is 3.71. The zero-order valence-electron chi connectivity index (χ0n) is 13.1. The molecule has 1 aliphatic heterocycles. The smallest absolute Gasteiger partial charge is 0.289 e. The fourth-order valence-electron chi connectivity index (χ4n) is 2.46. The molecule has 0 spiro atoms. The van der Waals surface area contributed by atoms with Gasteiger partial charge in [-0.05, 0) is 42.0 Å². The van der Waals surface area contributed by atoms with Crippen LogP contribution in [-0.4, -0.2) is 43.3 Å². The maximum Gasteiger partial charge on any atom is 0.289 e. The molecule has 1 amide bonds. The van der Waals surface area contributed by atoms with E-state index in [1.165, 1.54) is 6.26 Å². The summed E-state index contributed by atoms with van der Waals surface area (Å²) in [5.41, 5.74) is 1.87. The molecule has 0 fully saturated rings. The van der Waals surface area contributed by atoms with Crippen LogP contribution >= 0.6 is 0 Å². The number of methoxy groups -OCH3 is 1. The average Bonchev–Trinajstić information content (AvgIpc) is 3.26. The van der Waals surface area contributed by atoms with Gasteiger partial charge in [-0.15, -0.1) is 0 Å². The minimum absolute atomic E-state index is 0.156. The molecule has 0 radical (unpaired) electrons. The van der Waals surface area contributed by atoms with Gasteiger partial charge in [0.25, 0.3) is 5.91 Å². The lowest BCUT2D eigenvalue weighted by Crippen LogP contribution is -2.34. The fourth-order valence-corrected chi connectivity index (χ4v) is 2.46. The molecular weight excluding hydrogens is 296 g/mol. The highest BCUT2D eigenvalue weighted by Gasteiger charge is 2.26. The number of likely N-dealkylation sites (N-methyl/N-ethyl adjacent to an activating group) is 1. The lowest BCUT2D eigenvalue weighted by atomic mass is 10.0. The number of amides is 1. The average molecular weight is 314 g/mol. The highest BCUT2D eigenvalue weighted by atomic mass is 16.6. The quantitative estimate of drug-likeness (QED) is 0.851. The minimum Gasteiger partial charge on any atom is -0.497 e. The van der Waals surface area contributed by atoms with Gasteiger partial charge >= 0.3 is 0 Å². The van der Waals surface area contributed by atoms with Crippen molar-refractivity contribution in [3.63, 3.8) is 0 Å². The molecule has 23 heavy (non-hydrogen) atoms. The molecule has 2 heterocycles. The number of rotatable bonds is 5. The molecule has 1 atom stereocenters. The number of hydrogen-bond donors (Lipinski definition) is 0. The molecule has 120 valence electrons. The number of oxime groups is 1. The minimum atomic E-state index is -0.170. The summed E-state index contributed by atoms with van der Waals surface area (Å²) in [6.45, 7) is 0.447. The first kappa shape index (κ1) is 15.1. The van der Waals surface area contributed by atoms with Gasteiger partial charge in [0.05, 0.1) is 25.6 Å². The van der Waals surface area contributed by atoms with Gasteiger partial charge in [-0.3, -0.25) is 4.79 Å². The van der Waals surface area contributed by atoms with Gasteiger partial charge in [0.15, 0.2) is 11.9 Å². The maximum atomic E-state index is 12.1. The van der Waals surface area contributed by atoms with Crippen molar-refractivity contribution in [2.24, 2.45) is 5.16 Å². The molecular formula is C17H18N2O4. The van der Waals surface area contributed by atoms with Crippen molar-refractivity contribution in [1.82, 2.24) is 4.90 Å². The maximum absolute atomic E-state index is 12.1. The van der Waals surface area contributed by atoms with E-state index in [2.05, 4.69) is 5.16 Å². The van der Waals surface area contributed by atoms with E-state index in [9.17, 15) is 4.79 Å². The Hall–Kier alpha value is -2.76. The van der Waals surface area contributed by atoms with E-state index in [0.717, 1.165) is 17.0 Å².